The highest BCUT2D eigenvalue weighted by atomic mass is 16.7. The van der Waals surface area contributed by atoms with Crippen molar-refractivity contribution in [3.8, 4) is 0 Å². The number of ketones is 1. The van der Waals surface area contributed by atoms with Gasteiger partial charge in [0.25, 0.3) is 35.4 Å². The molecule has 0 saturated carbocycles. The number of carbonyl (C=O) groups excluding carboxylic acids is 12. The first kappa shape index (κ1) is 63.6. The summed E-state index contributed by atoms with van der Waals surface area (Å²) in [7, 11) is 0. The summed E-state index contributed by atoms with van der Waals surface area (Å²) in [6.45, 7) is 4.12. The van der Waals surface area contributed by atoms with E-state index in [0.717, 1.165) is 83.5 Å². The van der Waals surface area contributed by atoms with E-state index in [2.05, 4.69) is 10.6 Å². The molecule has 0 radical (unpaired) electrons. The Morgan fingerprint density at radius 1 is 0.387 bits per heavy atom. The predicted octanol–water partition coefficient (Wildman–Crippen LogP) is 5.03. The summed E-state index contributed by atoms with van der Waals surface area (Å²) in [6, 6.07) is 0. The molecule has 0 spiro atoms. The van der Waals surface area contributed by atoms with Crippen molar-refractivity contribution in [1.82, 2.24) is 25.8 Å². The van der Waals surface area contributed by atoms with Gasteiger partial charge in [0.1, 0.15) is 5.78 Å². The van der Waals surface area contributed by atoms with Crippen molar-refractivity contribution in [1.29, 1.82) is 0 Å². The van der Waals surface area contributed by atoms with Crippen LogP contribution in [0.1, 0.15) is 200 Å². The molecule has 0 bridgehead atoms. The van der Waals surface area contributed by atoms with E-state index in [1.54, 1.807) is 0 Å². The van der Waals surface area contributed by atoms with Gasteiger partial charge in [0.05, 0.1) is 39.6 Å². The summed E-state index contributed by atoms with van der Waals surface area (Å²) in [4.78, 5) is 158. The highest BCUT2D eigenvalue weighted by Gasteiger charge is 2.35. The molecule has 0 aromatic rings. The smallest absolute Gasteiger partial charge is 0.333 e. The first-order chi connectivity index (χ1) is 36.1. The molecule has 3 aliphatic rings. The van der Waals surface area contributed by atoms with Crippen molar-refractivity contribution < 1.29 is 86.3 Å². The van der Waals surface area contributed by atoms with Crippen molar-refractivity contribution in [3.05, 3.63) is 0 Å². The molecule has 75 heavy (non-hydrogen) atoms. The molecule has 2 N–H and O–H groups in total. The summed E-state index contributed by atoms with van der Waals surface area (Å²) in [5, 5.41) is 7.45. The lowest BCUT2D eigenvalue weighted by Gasteiger charge is -2.32. The zero-order valence-electron chi connectivity index (χ0n) is 44.1. The summed E-state index contributed by atoms with van der Waals surface area (Å²) >= 11 is 0. The van der Waals surface area contributed by atoms with Crippen LogP contribution in [-0.4, -0.2) is 139 Å². The number of nitrogens with one attached hydrogen (secondary N) is 2. The first-order valence-electron chi connectivity index (χ1n) is 27.1. The lowest BCUT2D eigenvalue weighted by Crippen LogP contribution is -2.38. The Morgan fingerprint density at radius 2 is 0.667 bits per heavy atom. The summed E-state index contributed by atoms with van der Waals surface area (Å²) < 4.78 is 18.1. The van der Waals surface area contributed by atoms with E-state index in [0.29, 0.717) is 60.4 Å². The second kappa shape index (κ2) is 37.1. The van der Waals surface area contributed by atoms with Crippen LogP contribution in [0.3, 0.4) is 0 Å². The van der Waals surface area contributed by atoms with Crippen molar-refractivity contribution in [2.75, 3.05) is 52.7 Å². The Hall–Kier alpha value is -5.68. The van der Waals surface area contributed by atoms with Gasteiger partial charge in [0.2, 0.25) is 11.8 Å². The second-order valence-corrected chi connectivity index (χ2v) is 19.3. The minimum Gasteiger partial charge on any atom is -0.380 e. The number of amides is 8. The highest BCUT2D eigenvalue weighted by Crippen LogP contribution is 2.25. The third-order valence-corrected chi connectivity index (χ3v) is 12.9. The second-order valence-electron chi connectivity index (χ2n) is 19.3. The fraction of sp³-hybridized carbons (Fsp3) is 0.769. The van der Waals surface area contributed by atoms with E-state index < -0.39 is 58.8 Å². The van der Waals surface area contributed by atoms with Crippen LogP contribution in [-0.2, 0) is 86.3 Å². The molecule has 0 atom stereocenters. The molecular formula is C52H81N5O18. The number of hydrogen-bond donors (Lipinski definition) is 2. The maximum absolute atomic E-state index is 12.7. The third kappa shape index (κ3) is 27.1. The maximum Gasteiger partial charge on any atom is 0.333 e. The molecule has 3 aliphatic heterocycles. The number of nitrogens with zero attached hydrogens (tertiary/aromatic N) is 3. The molecule has 3 rings (SSSR count). The average molecular weight is 1060 g/mol. The minimum atomic E-state index is -0.616. The Morgan fingerprint density at radius 3 is 0.987 bits per heavy atom. The largest absolute Gasteiger partial charge is 0.380 e. The molecule has 23 nitrogen and oxygen atoms in total. The van der Waals surface area contributed by atoms with Crippen LogP contribution < -0.4 is 10.6 Å². The Labute approximate surface area is 439 Å². The van der Waals surface area contributed by atoms with Crippen molar-refractivity contribution in [2.24, 2.45) is 5.41 Å². The van der Waals surface area contributed by atoms with Crippen LogP contribution in [0.25, 0.3) is 0 Å². The van der Waals surface area contributed by atoms with E-state index in [-0.39, 0.29) is 134 Å². The Balaban J connectivity index is 1.28. The number of rotatable bonds is 44. The van der Waals surface area contributed by atoms with E-state index in [4.69, 9.17) is 28.7 Å². The molecular weight excluding hydrogens is 983 g/mol. The number of hydroxylamine groups is 6. The van der Waals surface area contributed by atoms with Crippen LogP contribution in [0.15, 0.2) is 0 Å². The van der Waals surface area contributed by atoms with E-state index in [1.165, 1.54) is 0 Å². The molecule has 0 aliphatic carbocycles. The first-order valence-corrected chi connectivity index (χ1v) is 27.1. The van der Waals surface area contributed by atoms with Crippen LogP contribution in [0.4, 0.5) is 0 Å². The van der Waals surface area contributed by atoms with Crippen molar-refractivity contribution in [2.45, 2.75) is 200 Å². The van der Waals surface area contributed by atoms with E-state index in [9.17, 15) is 57.5 Å². The number of Topliss-reactive ketones (excluding diaryl/α,β-unsaturated/α-hetero) is 1. The third-order valence-electron chi connectivity index (χ3n) is 12.9. The number of carbonyl (C=O) groups is 12. The molecule has 3 heterocycles. The number of unbranched alkanes of at least 4 members (excludes halogenated alkanes) is 13. The van der Waals surface area contributed by atoms with Crippen molar-refractivity contribution >= 4 is 70.9 Å². The fourth-order valence-electron chi connectivity index (χ4n) is 8.13. The summed E-state index contributed by atoms with van der Waals surface area (Å²) in [6.07, 6.45) is 14.3. The summed E-state index contributed by atoms with van der Waals surface area (Å²) in [5.74, 6) is -5.11. The topological polar surface area (TPSA) is 294 Å². The van der Waals surface area contributed by atoms with Crippen LogP contribution >= 0.6 is 0 Å². The fourth-order valence-corrected chi connectivity index (χ4v) is 8.13. The Kier molecular flexibility index (Phi) is 31.5. The van der Waals surface area contributed by atoms with E-state index in [1.807, 2.05) is 6.92 Å². The predicted molar refractivity (Wildman–Crippen MR) is 264 cm³/mol. The normalized spacial score (nSPS) is 14.8. The van der Waals surface area contributed by atoms with Gasteiger partial charge in [-0.1, -0.05) is 71.1 Å². The molecule has 3 fully saturated rings. The van der Waals surface area contributed by atoms with Crippen LogP contribution in [0.2, 0.25) is 0 Å². The maximum atomic E-state index is 12.7. The summed E-state index contributed by atoms with van der Waals surface area (Å²) in [5.41, 5.74) is -0.616. The van der Waals surface area contributed by atoms with Gasteiger partial charge in [-0.05, 0) is 44.9 Å². The molecule has 0 aromatic carbocycles. The quantitative estimate of drug-likeness (QED) is 0.0597. The van der Waals surface area contributed by atoms with Crippen LogP contribution in [0, 0.1) is 5.41 Å². The standard InChI is InChI=1S/C52H81N5O18/c1-2-52(37-70-34-29-40(58)19-13-7-3-4-8-14-20-49(67)73-55-43(61)23-24-44(55)62,38-71-35-30-41(59)53-32-17-11-5-9-15-21-50(68)74-56-45(63)25-26-46(56)64)39-72-36-31-42(60)54-33-18-12-6-10-16-22-51(69)75-57-47(65)27-28-48(57)66/h2-39H2,1H3,(H,53,59)(H,54,60). The van der Waals surface area contributed by atoms with Crippen LogP contribution in [0.5, 0.6) is 0 Å². The molecule has 23 heteroatoms. The number of hydrogen-bond acceptors (Lipinski definition) is 18. The Bertz CT molecular complexity index is 1660. The van der Waals surface area contributed by atoms with Gasteiger partial charge in [-0.3, -0.25) is 43.2 Å². The zero-order chi connectivity index (χ0) is 54.7. The monoisotopic (exact) mass is 1060 g/mol. The minimum absolute atomic E-state index is 0.0468. The molecule has 0 unspecified atom stereocenters. The van der Waals surface area contributed by atoms with Gasteiger partial charge < -0.3 is 39.4 Å². The average Bonchev–Trinajstić information content (AvgIpc) is 4.00. The van der Waals surface area contributed by atoms with Gasteiger partial charge in [0.15, 0.2) is 0 Å². The van der Waals surface area contributed by atoms with Gasteiger partial charge in [0, 0.05) is 102 Å². The lowest BCUT2D eigenvalue weighted by atomic mass is 9.88. The van der Waals surface area contributed by atoms with Gasteiger partial charge in [-0.15, -0.1) is 15.2 Å². The van der Waals surface area contributed by atoms with Crippen molar-refractivity contribution in [3.63, 3.8) is 0 Å². The number of ether oxygens (including phenoxy) is 3. The number of imide groups is 3. The van der Waals surface area contributed by atoms with Gasteiger partial charge in [-0.2, -0.15) is 0 Å². The molecule has 422 valence electrons. The molecule has 3 saturated heterocycles. The lowest BCUT2D eigenvalue weighted by molar-refractivity contribution is -0.197. The van der Waals surface area contributed by atoms with Gasteiger partial charge in [-0.25, -0.2) is 14.4 Å². The zero-order valence-corrected chi connectivity index (χ0v) is 44.1. The van der Waals surface area contributed by atoms with Gasteiger partial charge >= 0.3 is 17.9 Å². The highest BCUT2D eigenvalue weighted by molar-refractivity contribution is 6.02. The molecule has 8 amide bonds. The molecule has 0 aromatic heterocycles. The SMILES string of the molecule is CCC(COCCC(=O)CCCCCCCCC(=O)ON1C(=O)CCC1=O)(COCCC(=O)NCCCCCCCC(=O)ON1C(=O)CCC1=O)COCCC(=O)NCCCCCCCC(=O)ON1C(=O)CCC1=O. The van der Waals surface area contributed by atoms with E-state index >= 15 is 0 Å².